The van der Waals surface area contributed by atoms with Crippen LogP contribution in [0.1, 0.15) is 13.8 Å². The van der Waals surface area contributed by atoms with Crippen molar-refractivity contribution >= 4 is 17.3 Å². The van der Waals surface area contributed by atoms with Crippen LogP contribution in [0.3, 0.4) is 0 Å². The predicted molar refractivity (Wildman–Crippen MR) is 89.4 cm³/mol. The van der Waals surface area contributed by atoms with Gasteiger partial charge in [0, 0.05) is 24.5 Å². The topological polar surface area (TPSA) is 32.3 Å². The maximum atomic E-state index is 13.8. The second kappa shape index (κ2) is 8.89. The summed E-state index contributed by atoms with van der Waals surface area (Å²) in [5, 5.41) is 1.07. The Morgan fingerprint density at radius 2 is 1.25 bits per heavy atom. The van der Waals surface area contributed by atoms with Gasteiger partial charge in [-0.15, -0.1) is 0 Å². The Morgan fingerprint density at radius 1 is 0.812 bits per heavy atom. The second-order valence-corrected chi connectivity index (χ2v) is 6.39. The molecule has 0 saturated carbocycles. The summed E-state index contributed by atoms with van der Waals surface area (Å²) in [6.45, 7) is 4.46. The molecule has 0 aliphatic rings. The summed E-state index contributed by atoms with van der Waals surface area (Å²) in [4.78, 5) is 13.2. The fourth-order valence-electron chi connectivity index (χ4n) is 2.44. The molecule has 0 aliphatic heterocycles. The van der Waals surface area contributed by atoms with Gasteiger partial charge in [0.05, 0.1) is 0 Å². The van der Waals surface area contributed by atoms with Crippen LogP contribution in [-0.4, -0.2) is 55.0 Å². The number of hydrogen-bond acceptors (Lipinski definition) is 2. The van der Waals surface area contributed by atoms with Crippen LogP contribution >= 0.6 is 0 Å². The van der Waals surface area contributed by atoms with Crippen LogP contribution in [0.25, 0.3) is 0 Å². The summed E-state index contributed by atoms with van der Waals surface area (Å²) in [5.74, 6) is -40.0. The molecule has 0 aromatic heterocycles. The number of nitrogens with zero attached hydrogens (tertiary/aromatic N) is 1. The molecule has 15 heteroatoms. The normalized spacial score (nSPS) is 14.0. The van der Waals surface area contributed by atoms with E-state index in [2.05, 4.69) is 0 Å². The first-order valence-corrected chi connectivity index (χ1v) is 8.66. The summed E-state index contributed by atoms with van der Waals surface area (Å²) in [6, 6.07) is 4.20. The van der Waals surface area contributed by atoms with Crippen LogP contribution in [0.2, 0.25) is 0 Å². The van der Waals surface area contributed by atoms with Crippen molar-refractivity contribution in [3.63, 3.8) is 0 Å². The Bertz CT molecular complexity index is 791. The highest BCUT2D eigenvalue weighted by atomic mass is 19.4. The minimum absolute atomic E-state index is 0.477. The third-order valence-electron chi connectivity index (χ3n) is 4.41. The maximum Gasteiger partial charge on any atom is 0.393 e. The van der Waals surface area contributed by atoms with E-state index in [1.165, 1.54) is 12.1 Å². The van der Waals surface area contributed by atoms with E-state index in [1.807, 2.05) is 0 Å². The summed E-state index contributed by atoms with van der Waals surface area (Å²) < 4.78 is 158. The first kappa shape index (κ1) is 27.7. The number of carbonyl (C=O) groups is 1. The van der Waals surface area contributed by atoms with E-state index in [9.17, 15) is 57.5 Å². The SMILES string of the molecule is CCN(CC)c1ccc(NC(=O)C(F)(F)C(F)(F)C(F)(F)C(F)(F)C(F)(F)C(F)F)cc1. The van der Waals surface area contributed by atoms with Crippen molar-refractivity contribution in [1.82, 2.24) is 0 Å². The summed E-state index contributed by atoms with van der Waals surface area (Å²) in [7, 11) is 0. The molecule has 0 fully saturated rings. The zero-order chi connectivity index (χ0) is 25.3. The number of alkyl halides is 12. The van der Waals surface area contributed by atoms with Gasteiger partial charge in [-0.05, 0) is 38.1 Å². The average molecular weight is 492 g/mol. The van der Waals surface area contributed by atoms with Crippen LogP contribution in [0, 0.1) is 0 Å². The van der Waals surface area contributed by atoms with Gasteiger partial charge >= 0.3 is 41.9 Å². The largest absolute Gasteiger partial charge is 0.393 e. The third-order valence-corrected chi connectivity index (χ3v) is 4.41. The van der Waals surface area contributed by atoms with Crippen LogP contribution < -0.4 is 10.2 Å². The number of hydrogen-bond donors (Lipinski definition) is 1. The lowest BCUT2D eigenvalue weighted by molar-refractivity contribution is -0.406. The molecule has 0 bridgehead atoms. The molecule has 1 amide bonds. The molecule has 0 atom stereocenters. The van der Waals surface area contributed by atoms with E-state index >= 15 is 0 Å². The number of benzene rings is 1. The molecule has 1 rings (SSSR count). The molecular formula is C17H16F12N2O. The van der Waals surface area contributed by atoms with Crippen molar-refractivity contribution in [3.05, 3.63) is 24.3 Å². The maximum absolute atomic E-state index is 13.8. The van der Waals surface area contributed by atoms with Crippen LogP contribution in [0.4, 0.5) is 64.1 Å². The zero-order valence-electron chi connectivity index (χ0n) is 16.2. The molecule has 184 valence electrons. The monoisotopic (exact) mass is 492 g/mol. The van der Waals surface area contributed by atoms with Crippen molar-refractivity contribution in [3.8, 4) is 0 Å². The van der Waals surface area contributed by atoms with Gasteiger partial charge in [-0.25, -0.2) is 8.78 Å². The Hall–Kier alpha value is -2.35. The highest BCUT2D eigenvalue weighted by Crippen LogP contribution is 2.58. The predicted octanol–water partition coefficient (Wildman–Crippen LogP) is 5.91. The standard InChI is InChI=1S/C17H16F12N2O/c1-3-31(4-2)10-7-5-9(6-8-10)30-12(32)14(22,23)16(26,27)17(28,29)15(24,25)13(20,21)11(18)19/h5-8,11H,3-4H2,1-2H3,(H,30,32). The van der Waals surface area contributed by atoms with Crippen molar-refractivity contribution in [1.29, 1.82) is 0 Å². The Labute approximate surface area is 173 Å². The highest BCUT2D eigenvalue weighted by molar-refractivity contribution is 5.97. The van der Waals surface area contributed by atoms with E-state index in [4.69, 9.17) is 0 Å². The van der Waals surface area contributed by atoms with Gasteiger partial charge in [0.1, 0.15) is 0 Å². The fraction of sp³-hybridized carbons (Fsp3) is 0.588. The van der Waals surface area contributed by atoms with Crippen LogP contribution in [0.15, 0.2) is 24.3 Å². The molecule has 0 unspecified atom stereocenters. The number of halogens is 12. The fourth-order valence-corrected chi connectivity index (χ4v) is 2.44. The lowest BCUT2D eigenvalue weighted by Gasteiger charge is -2.38. The summed E-state index contributed by atoms with van der Waals surface area (Å²) in [6.07, 6.45) is -5.61. The highest BCUT2D eigenvalue weighted by Gasteiger charge is 2.89. The first-order chi connectivity index (χ1) is 14.3. The molecule has 3 nitrogen and oxygen atoms in total. The van der Waals surface area contributed by atoms with E-state index in [0.717, 1.165) is 17.4 Å². The minimum atomic E-state index is -7.76. The van der Waals surface area contributed by atoms with Gasteiger partial charge in [0.15, 0.2) is 0 Å². The molecule has 0 aliphatic carbocycles. The van der Waals surface area contributed by atoms with Gasteiger partial charge in [-0.1, -0.05) is 0 Å². The Kier molecular flexibility index (Phi) is 7.69. The van der Waals surface area contributed by atoms with Crippen LogP contribution in [0.5, 0.6) is 0 Å². The summed E-state index contributed by atoms with van der Waals surface area (Å²) >= 11 is 0. The third kappa shape index (κ3) is 4.29. The number of rotatable bonds is 10. The van der Waals surface area contributed by atoms with Gasteiger partial charge in [-0.3, -0.25) is 4.79 Å². The van der Waals surface area contributed by atoms with E-state index in [0.29, 0.717) is 18.8 Å². The smallest absolute Gasteiger partial charge is 0.372 e. The number of carbonyl (C=O) groups excluding carboxylic acids is 1. The molecule has 0 spiro atoms. The molecular weight excluding hydrogens is 476 g/mol. The van der Waals surface area contributed by atoms with Crippen molar-refractivity contribution in [2.75, 3.05) is 23.3 Å². The van der Waals surface area contributed by atoms with E-state index in [-0.39, 0.29) is 0 Å². The molecule has 0 saturated heterocycles. The van der Waals surface area contributed by atoms with Gasteiger partial charge in [0.25, 0.3) is 0 Å². The van der Waals surface area contributed by atoms with Crippen molar-refractivity contribution in [2.45, 2.75) is 49.9 Å². The number of amides is 1. The number of anilines is 2. The molecule has 1 N–H and O–H groups in total. The lowest BCUT2D eigenvalue weighted by atomic mass is 9.94. The molecule has 0 heterocycles. The Morgan fingerprint density at radius 3 is 1.62 bits per heavy atom. The van der Waals surface area contributed by atoms with E-state index < -0.39 is 47.6 Å². The quantitative estimate of drug-likeness (QED) is 0.412. The lowest BCUT2D eigenvalue weighted by Crippen LogP contribution is -2.70. The molecule has 32 heavy (non-hydrogen) atoms. The number of nitrogens with one attached hydrogen (secondary N) is 1. The van der Waals surface area contributed by atoms with Gasteiger partial charge in [-0.2, -0.15) is 43.9 Å². The van der Waals surface area contributed by atoms with Gasteiger partial charge < -0.3 is 10.2 Å². The molecule has 1 aromatic carbocycles. The van der Waals surface area contributed by atoms with Crippen LogP contribution in [-0.2, 0) is 4.79 Å². The first-order valence-electron chi connectivity index (χ1n) is 8.66. The van der Waals surface area contributed by atoms with E-state index in [1.54, 1.807) is 18.7 Å². The molecule has 1 aromatic rings. The molecule has 0 radical (unpaired) electrons. The average Bonchev–Trinajstić information content (AvgIpc) is 2.69. The van der Waals surface area contributed by atoms with Crippen molar-refractivity contribution < 1.29 is 57.5 Å². The minimum Gasteiger partial charge on any atom is -0.372 e. The van der Waals surface area contributed by atoms with Gasteiger partial charge in [0.2, 0.25) is 0 Å². The Balaban J connectivity index is 3.25. The second-order valence-electron chi connectivity index (χ2n) is 6.39. The zero-order valence-corrected chi connectivity index (χ0v) is 16.2. The van der Waals surface area contributed by atoms with Crippen molar-refractivity contribution in [2.24, 2.45) is 0 Å². The summed E-state index contributed by atoms with van der Waals surface area (Å²) in [5.41, 5.74) is -0.181.